The predicted octanol–water partition coefficient (Wildman–Crippen LogP) is 3.35. The van der Waals surface area contributed by atoms with E-state index in [-0.39, 0.29) is 11.7 Å². The van der Waals surface area contributed by atoms with Crippen molar-refractivity contribution in [2.75, 3.05) is 40.4 Å². The summed E-state index contributed by atoms with van der Waals surface area (Å²) in [6.07, 6.45) is 3.68. The maximum atomic E-state index is 12.7. The summed E-state index contributed by atoms with van der Waals surface area (Å²) in [5.41, 5.74) is 2.23. The van der Waals surface area contributed by atoms with Crippen LogP contribution in [0.15, 0.2) is 54.4 Å². The third kappa shape index (κ3) is 6.32. The normalized spacial score (nSPS) is 21.7. The van der Waals surface area contributed by atoms with Crippen LogP contribution in [-0.2, 0) is 9.53 Å². The van der Waals surface area contributed by atoms with Gasteiger partial charge in [-0.25, -0.2) is 0 Å². The number of nitrogens with one attached hydrogen (secondary N) is 1. The predicted molar refractivity (Wildman–Crippen MR) is 115 cm³/mol. The standard InChI is InChI=1S/C19H22N3O2P.C2H3F3O/c1-24-16-5-2-14(3-6-16)17-12-18(23)22-13-15(4-7-19(22)25-17)21-10-8-20-9-11-21;1-6-2(3,4)5/h2-7,12-13,19-20,25H,8-11H2,1H3;1H3. The number of allylic oxidation sites excluding steroid dienone is 1. The van der Waals surface area contributed by atoms with Gasteiger partial charge >= 0.3 is 6.36 Å². The van der Waals surface area contributed by atoms with Gasteiger partial charge in [0.25, 0.3) is 5.91 Å². The Bertz CT molecular complexity index is 863. The van der Waals surface area contributed by atoms with Gasteiger partial charge in [-0.05, 0) is 29.1 Å². The van der Waals surface area contributed by atoms with E-state index >= 15 is 0 Å². The Morgan fingerprint density at radius 3 is 2.35 bits per heavy atom. The second-order valence-corrected chi connectivity index (χ2v) is 8.34. The lowest BCUT2D eigenvalue weighted by atomic mass is 10.2. The number of methoxy groups -OCH3 is 2. The van der Waals surface area contributed by atoms with Gasteiger partial charge in [0.2, 0.25) is 0 Å². The molecule has 3 aliphatic heterocycles. The van der Waals surface area contributed by atoms with Crippen LogP contribution < -0.4 is 10.1 Å². The van der Waals surface area contributed by atoms with Crippen LogP contribution in [0.1, 0.15) is 5.56 Å². The molecule has 6 nitrogen and oxygen atoms in total. The molecule has 3 aliphatic rings. The number of halogens is 3. The molecular weight excluding hydrogens is 430 g/mol. The smallest absolute Gasteiger partial charge is 0.497 e. The fourth-order valence-corrected chi connectivity index (χ4v) is 4.71. The zero-order valence-electron chi connectivity index (χ0n) is 17.3. The first-order valence-corrected chi connectivity index (χ1v) is 10.8. The molecular formula is C21H25F3N3O3P. The van der Waals surface area contributed by atoms with E-state index in [1.165, 1.54) is 0 Å². The lowest BCUT2D eigenvalue weighted by Crippen LogP contribution is -2.44. The van der Waals surface area contributed by atoms with Gasteiger partial charge < -0.3 is 19.9 Å². The first kappa shape index (κ1) is 23.3. The fourth-order valence-electron chi connectivity index (χ4n) is 3.31. The van der Waals surface area contributed by atoms with Gasteiger partial charge in [-0.15, -0.1) is 13.2 Å². The molecule has 31 heavy (non-hydrogen) atoms. The fraction of sp³-hybridized carbons (Fsp3) is 0.381. The molecule has 2 atom stereocenters. The topological polar surface area (TPSA) is 54.0 Å². The van der Waals surface area contributed by atoms with Crippen LogP contribution in [0.5, 0.6) is 5.75 Å². The number of carbonyl (C=O) groups excluding carboxylic acids is 1. The molecule has 1 aromatic rings. The van der Waals surface area contributed by atoms with Crippen molar-refractivity contribution >= 4 is 19.8 Å². The van der Waals surface area contributed by atoms with Crippen LogP contribution in [0, 0.1) is 0 Å². The van der Waals surface area contributed by atoms with Crippen LogP contribution in [0.3, 0.4) is 0 Å². The van der Waals surface area contributed by atoms with Gasteiger partial charge in [-0.2, -0.15) is 0 Å². The number of ether oxygens (including phenoxy) is 2. The Hall–Kier alpha value is -2.35. The second-order valence-electron chi connectivity index (χ2n) is 6.92. The van der Waals surface area contributed by atoms with Crippen molar-refractivity contribution < 1.29 is 27.4 Å². The maximum Gasteiger partial charge on any atom is 0.522 e. The maximum absolute atomic E-state index is 12.7. The molecule has 3 heterocycles. The minimum Gasteiger partial charge on any atom is -0.497 e. The number of alkyl halides is 3. The summed E-state index contributed by atoms with van der Waals surface area (Å²) in [6.45, 7) is 3.95. The van der Waals surface area contributed by atoms with Crippen LogP contribution in [0.4, 0.5) is 13.2 Å². The van der Waals surface area contributed by atoms with Crippen molar-refractivity contribution in [2.45, 2.75) is 12.1 Å². The Kier molecular flexibility index (Phi) is 7.75. The van der Waals surface area contributed by atoms with Gasteiger partial charge in [0.15, 0.2) is 0 Å². The molecule has 168 valence electrons. The molecule has 0 aliphatic carbocycles. The van der Waals surface area contributed by atoms with Crippen LogP contribution in [0.2, 0.25) is 0 Å². The largest absolute Gasteiger partial charge is 0.522 e. The number of hydrogen-bond acceptors (Lipinski definition) is 5. The number of nitrogens with zero attached hydrogens (tertiary/aromatic N) is 2. The second kappa shape index (κ2) is 10.3. The molecule has 0 radical (unpaired) electrons. The number of rotatable bonds is 3. The third-order valence-corrected chi connectivity index (χ3v) is 6.47. The minimum atomic E-state index is -4.46. The van der Waals surface area contributed by atoms with E-state index in [0.29, 0.717) is 15.7 Å². The molecule has 1 aromatic carbocycles. The van der Waals surface area contributed by atoms with E-state index in [4.69, 9.17) is 4.74 Å². The number of piperazine rings is 1. The number of amides is 1. The lowest BCUT2D eigenvalue weighted by Gasteiger charge is -2.37. The highest BCUT2D eigenvalue weighted by atomic mass is 31.1. The van der Waals surface area contributed by atoms with Crippen molar-refractivity contribution in [2.24, 2.45) is 0 Å². The SMILES string of the molecule is COC(F)(F)F.COc1ccc(C2=CC(=O)N3C=C(N4CCNCC4)C=CC3P2)cc1. The Morgan fingerprint density at radius 2 is 1.77 bits per heavy atom. The molecule has 0 aromatic heterocycles. The summed E-state index contributed by atoms with van der Waals surface area (Å²) in [5, 5.41) is 4.47. The number of hydrogen-bond donors (Lipinski definition) is 1. The van der Waals surface area contributed by atoms with E-state index < -0.39 is 6.36 Å². The minimum absolute atomic E-state index is 0.0616. The summed E-state index contributed by atoms with van der Waals surface area (Å²) in [6, 6.07) is 7.93. The highest BCUT2D eigenvalue weighted by Gasteiger charge is 2.29. The molecule has 4 rings (SSSR count). The lowest BCUT2D eigenvalue weighted by molar-refractivity contribution is -0.311. The Morgan fingerprint density at radius 1 is 1.13 bits per heavy atom. The van der Waals surface area contributed by atoms with Crippen molar-refractivity contribution in [1.29, 1.82) is 0 Å². The van der Waals surface area contributed by atoms with Crippen LogP contribution in [-0.4, -0.2) is 68.3 Å². The van der Waals surface area contributed by atoms with Crippen molar-refractivity contribution in [3.05, 3.63) is 60.0 Å². The molecule has 1 amide bonds. The summed E-state index contributed by atoms with van der Waals surface area (Å²) < 4.78 is 39.8. The molecule has 0 saturated carbocycles. The first-order valence-electron chi connectivity index (χ1n) is 9.73. The highest BCUT2D eigenvalue weighted by molar-refractivity contribution is 7.51. The molecule has 1 fully saturated rings. The van der Waals surface area contributed by atoms with E-state index in [1.807, 2.05) is 35.4 Å². The van der Waals surface area contributed by atoms with Crippen molar-refractivity contribution in [3.63, 3.8) is 0 Å². The summed E-state index contributed by atoms with van der Waals surface area (Å²) in [5.74, 6) is 1.02. The quantitative estimate of drug-likeness (QED) is 0.709. The first-order chi connectivity index (χ1) is 14.8. The third-order valence-electron chi connectivity index (χ3n) is 4.96. The van der Waals surface area contributed by atoms with Gasteiger partial charge in [0.1, 0.15) is 5.75 Å². The van der Waals surface area contributed by atoms with Crippen molar-refractivity contribution in [1.82, 2.24) is 15.1 Å². The summed E-state index contributed by atoms with van der Waals surface area (Å²) in [7, 11) is 2.79. The molecule has 0 spiro atoms. The zero-order valence-corrected chi connectivity index (χ0v) is 18.3. The van der Waals surface area contributed by atoms with Gasteiger partial charge in [0, 0.05) is 45.6 Å². The molecule has 0 bridgehead atoms. The van der Waals surface area contributed by atoms with Crippen molar-refractivity contribution in [3.8, 4) is 5.75 Å². The summed E-state index contributed by atoms with van der Waals surface area (Å²) in [4.78, 5) is 16.9. The zero-order chi connectivity index (χ0) is 22.4. The van der Waals surface area contributed by atoms with Gasteiger partial charge in [-0.3, -0.25) is 9.53 Å². The van der Waals surface area contributed by atoms with E-state index in [9.17, 15) is 18.0 Å². The van der Waals surface area contributed by atoms with Crippen LogP contribution in [0.25, 0.3) is 5.31 Å². The number of benzene rings is 1. The molecule has 1 saturated heterocycles. The average molecular weight is 455 g/mol. The van der Waals surface area contributed by atoms with Gasteiger partial charge in [-0.1, -0.05) is 26.8 Å². The molecule has 10 heteroatoms. The average Bonchev–Trinajstić information content (AvgIpc) is 2.79. The monoisotopic (exact) mass is 455 g/mol. The van der Waals surface area contributed by atoms with E-state index in [0.717, 1.165) is 48.5 Å². The molecule has 2 unspecified atom stereocenters. The number of fused-ring (bicyclic) bond motifs is 1. The van der Waals surface area contributed by atoms with E-state index in [2.05, 4.69) is 27.1 Å². The Labute approximate surface area is 181 Å². The Balaban J connectivity index is 0.000000401. The van der Waals surface area contributed by atoms with E-state index in [1.54, 1.807) is 13.2 Å². The van der Waals surface area contributed by atoms with Crippen LogP contribution >= 0.6 is 8.58 Å². The number of carbonyl (C=O) groups is 1. The molecule has 1 N–H and O–H groups in total. The van der Waals surface area contributed by atoms with Gasteiger partial charge in [0.05, 0.1) is 18.6 Å². The highest BCUT2D eigenvalue weighted by Crippen LogP contribution is 2.44. The summed E-state index contributed by atoms with van der Waals surface area (Å²) >= 11 is 0.